The van der Waals surface area contributed by atoms with Crippen molar-refractivity contribution >= 4 is 23.5 Å². The zero-order chi connectivity index (χ0) is 21.9. The number of benzene rings is 1. The van der Waals surface area contributed by atoms with Crippen LogP contribution >= 0.6 is 0 Å². The number of carbonyl (C=O) groups is 3. The topological polar surface area (TPSA) is 88.2 Å². The molecule has 0 saturated carbocycles. The van der Waals surface area contributed by atoms with Crippen LogP contribution < -0.4 is 5.32 Å². The minimum atomic E-state index is -1.03. The minimum Gasteiger partial charge on any atom is -0.432 e. The molecule has 10 heteroatoms. The molecule has 1 unspecified atom stereocenters. The van der Waals surface area contributed by atoms with Crippen molar-refractivity contribution in [1.82, 2.24) is 9.80 Å². The Bertz CT molecular complexity index is 833. The van der Waals surface area contributed by atoms with E-state index in [4.69, 9.17) is 9.47 Å². The van der Waals surface area contributed by atoms with E-state index in [0.29, 0.717) is 38.7 Å². The molecular weight excluding hydrogens is 400 g/mol. The average molecular weight is 425 g/mol. The highest BCUT2D eigenvalue weighted by atomic mass is 19.1. The summed E-state index contributed by atoms with van der Waals surface area (Å²) in [7, 11) is 0. The summed E-state index contributed by atoms with van der Waals surface area (Å²) in [5.74, 6) is -3.78. The first-order valence-electron chi connectivity index (χ1n) is 9.79. The molecular formula is C20H25F2N3O5. The van der Waals surface area contributed by atoms with Crippen LogP contribution in [-0.2, 0) is 23.9 Å². The molecule has 2 amide bonds. The second kappa shape index (κ2) is 9.05. The molecule has 0 bridgehead atoms. The van der Waals surface area contributed by atoms with Gasteiger partial charge in [0.1, 0.15) is 11.6 Å². The van der Waals surface area contributed by atoms with E-state index < -0.39 is 35.4 Å². The summed E-state index contributed by atoms with van der Waals surface area (Å²) < 4.78 is 37.2. The number of esters is 1. The average Bonchev–Trinajstić information content (AvgIpc) is 2.81. The van der Waals surface area contributed by atoms with Crippen molar-refractivity contribution in [1.29, 1.82) is 0 Å². The van der Waals surface area contributed by atoms with Crippen LogP contribution in [0.3, 0.4) is 0 Å². The lowest BCUT2D eigenvalue weighted by Crippen LogP contribution is -2.39. The summed E-state index contributed by atoms with van der Waals surface area (Å²) >= 11 is 0. The van der Waals surface area contributed by atoms with E-state index in [1.165, 1.54) is 6.07 Å². The lowest BCUT2D eigenvalue weighted by molar-refractivity contribution is -0.161. The lowest BCUT2D eigenvalue weighted by Gasteiger charge is -2.22. The molecule has 0 radical (unpaired) electrons. The number of hydrogen-bond donors (Lipinski definition) is 1. The van der Waals surface area contributed by atoms with Crippen molar-refractivity contribution in [3.05, 3.63) is 29.8 Å². The van der Waals surface area contributed by atoms with Gasteiger partial charge in [0.2, 0.25) is 17.6 Å². The van der Waals surface area contributed by atoms with E-state index in [9.17, 15) is 23.2 Å². The monoisotopic (exact) mass is 425 g/mol. The molecule has 1 aromatic carbocycles. The molecule has 2 aliphatic heterocycles. The molecule has 0 aromatic heterocycles. The normalized spacial score (nSPS) is 21.8. The Morgan fingerprint density at radius 1 is 1.20 bits per heavy atom. The van der Waals surface area contributed by atoms with Gasteiger partial charge in [0, 0.05) is 46.1 Å². The van der Waals surface area contributed by atoms with Crippen LogP contribution in [0.2, 0.25) is 0 Å². The van der Waals surface area contributed by atoms with Gasteiger partial charge >= 0.3 is 5.97 Å². The Hall–Kier alpha value is -2.59. The number of amides is 2. The fourth-order valence-electron chi connectivity index (χ4n) is 3.50. The van der Waals surface area contributed by atoms with Crippen molar-refractivity contribution in [3.63, 3.8) is 0 Å². The highest BCUT2D eigenvalue weighted by Crippen LogP contribution is 2.26. The predicted octanol–water partition coefficient (Wildman–Crippen LogP) is 1.51. The van der Waals surface area contributed by atoms with Crippen LogP contribution in [0.25, 0.3) is 0 Å². The molecule has 0 spiro atoms. The van der Waals surface area contributed by atoms with Crippen LogP contribution in [0.4, 0.5) is 14.5 Å². The molecule has 30 heavy (non-hydrogen) atoms. The number of ether oxygens (including phenoxy) is 2. The molecule has 0 aliphatic carbocycles. The molecule has 164 valence electrons. The Morgan fingerprint density at radius 2 is 1.97 bits per heavy atom. The molecule has 2 aliphatic rings. The number of nitrogens with one attached hydrogen (secondary N) is 1. The second-order valence-electron chi connectivity index (χ2n) is 7.81. The maximum absolute atomic E-state index is 13.7. The van der Waals surface area contributed by atoms with Gasteiger partial charge in [-0.3, -0.25) is 14.5 Å². The Labute approximate surface area is 173 Å². The number of anilines is 1. The first-order valence-corrected chi connectivity index (χ1v) is 9.79. The number of nitrogens with zero attached hydrogens (tertiary/aromatic N) is 2. The van der Waals surface area contributed by atoms with Gasteiger partial charge in [0.25, 0.3) is 0 Å². The van der Waals surface area contributed by atoms with Gasteiger partial charge in [0.15, 0.2) is 6.10 Å². The fraction of sp³-hybridized carbons (Fsp3) is 0.550. The largest absolute Gasteiger partial charge is 0.432 e. The number of halogens is 2. The van der Waals surface area contributed by atoms with Gasteiger partial charge in [-0.15, -0.1) is 0 Å². The highest BCUT2D eigenvalue weighted by Gasteiger charge is 2.42. The van der Waals surface area contributed by atoms with Crippen LogP contribution in [0.15, 0.2) is 18.2 Å². The summed E-state index contributed by atoms with van der Waals surface area (Å²) in [6, 6.07) is 2.94. The first-order chi connectivity index (χ1) is 14.1. The Morgan fingerprint density at radius 3 is 2.63 bits per heavy atom. The van der Waals surface area contributed by atoms with Crippen LogP contribution in [0.1, 0.15) is 26.7 Å². The van der Waals surface area contributed by atoms with Crippen LogP contribution in [0, 0.1) is 11.6 Å². The van der Waals surface area contributed by atoms with Crippen molar-refractivity contribution < 1.29 is 32.6 Å². The number of cyclic esters (lactones) is 1. The van der Waals surface area contributed by atoms with Crippen molar-refractivity contribution in [2.24, 2.45) is 0 Å². The molecule has 1 N–H and O–H groups in total. The van der Waals surface area contributed by atoms with Crippen molar-refractivity contribution in [2.75, 3.05) is 38.0 Å². The van der Waals surface area contributed by atoms with Crippen molar-refractivity contribution in [2.45, 2.75) is 38.6 Å². The van der Waals surface area contributed by atoms with Crippen LogP contribution in [-0.4, -0.2) is 72.2 Å². The Kier molecular flexibility index (Phi) is 6.67. The summed E-state index contributed by atoms with van der Waals surface area (Å²) in [6.07, 6.45) is -0.360. The molecule has 2 saturated heterocycles. The zero-order valence-corrected chi connectivity index (χ0v) is 17.0. The van der Waals surface area contributed by atoms with E-state index in [1.807, 2.05) is 4.90 Å². The van der Waals surface area contributed by atoms with E-state index in [1.54, 1.807) is 18.7 Å². The lowest BCUT2D eigenvalue weighted by atomic mass is 10.2. The van der Waals surface area contributed by atoms with Gasteiger partial charge < -0.3 is 19.7 Å². The van der Waals surface area contributed by atoms with E-state index in [-0.39, 0.29) is 24.6 Å². The van der Waals surface area contributed by atoms with Crippen molar-refractivity contribution in [3.8, 4) is 0 Å². The smallest absolute Gasteiger partial charge is 0.338 e. The Balaban J connectivity index is 1.48. The van der Waals surface area contributed by atoms with E-state index >= 15 is 0 Å². The maximum Gasteiger partial charge on any atom is 0.338 e. The predicted molar refractivity (Wildman–Crippen MR) is 102 cm³/mol. The number of rotatable bonds is 5. The SMILES string of the molecule is CC1(C)OC(=O)C(CC(=O)N2CCCN(CC(=O)Nc3ccc(F)cc3F)CC2)O1. The third-order valence-corrected chi connectivity index (χ3v) is 4.91. The summed E-state index contributed by atoms with van der Waals surface area (Å²) in [5.41, 5.74) is -0.0839. The fourth-order valence-corrected chi connectivity index (χ4v) is 3.50. The summed E-state index contributed by atoms with van der Waals surface area (Å²) in [4.78, 5) is 40.1. The minimum absolute atomic E-state index is 0.0189. The molecule has 2 heterocycles. The summed E-state index contributed by atoms with van der Waals surface area (Å²) in [6.45, 7) is 5.16. The second-order valence-corrected chi connectivity index (χ2v) is 7.81. The van der Waals surface area contributed by atoms with Gasteiger partial charge in [-0.25, -0.2) is 13.6 Å². The van der Waals surface area contributed by atoms with Gasteiger partial charge in [0.05, 0.1) is 18.7 Å². The highest BCUT2D eigenvalue weighted by molar-refractivity contribution is 5.92. The third kappa shape index (κ3) is 5.73. The molecule has 2 fully saturated rings. The summed E-state index contributed by atoms with van der Waals surface area (Å²) in [5, 5.41) is 2.43. The molecule has 3 rings (SSSR count). The third-order valence-electron chi connectivity index (χ3n) is 4.91. The standard InChI is InChI=1S/C20H25F2N3O5/c1-20(2)29-16(19(28)30-20)11-18(27)25-7-3-6-24(8-9-25)12-17(26)23-15-5-4-13(21)10-14(15)22/h4-5,10,16H,3,6-9,11-12H2,1-2H3,(H,23,26). The molecule has 8 nitrogen and oxygen atoms in total. The van der Waals surface area contributed by atoms with Gasteiger partial charge in [-0.2, -0.15) is 0 Å². The van der Waals surface area contributed by atoms with Gasteiger partial charge in [-0.1, -0.05) is 0 Å². The molecule has 1 aromatic rings. The van der Waals surface area contributed by atoms with E-state index in [2.05, 4.69) is 5.32 Å². The quantitative estimate of drug-likeness (QED) is 0.720. The molecule has 1 atom stereocenters. The first kappa shape index (κ1) is 22.1. The maximum atomic E-state index is 13.7. The number of hydrogen-bond acceptors (Lipinski definition) is 6. The van der Waals surface area contributed by atoms with Crippen LogP contribution in [0.5, 0.6) is 0 Å². The van der Waals surface area contributed by atoms with Gasteiger partial charge in [-0.05, 0) is 18.6 Å². The number of carbonyl (C=O) groups excluding carboxylic acids is 3. The van der Waals surface area contributed by atoms with E-state index in [0.717, 1.165) is 6.07 Å². The zero-order valence-electron chi connectivity index (χ0n) is 17.0.